The molecule has 0 radical (unpaired) electrons. The minimum absolute atomic E-state index is 0.513. The zero-order valence-corrected chi connectivity index (χ0v) is 5.94. The molecular formula is C6H4N2O4. The van der Waals surface area contributed by atoms with E-state index in [0.29, 0.717) is 0 Å². The Bertz CT molecular complexity index is 232. The summed E-state index contributed by atoms with van der Waals surface area (Å²) in [5.41, 5.74) is 0. The summed E-state index contributed by atoms with van der Waals surface area (Å²) in [5, 5.41) is 15.9. The monoisotopic (exact) mass is 168 g/mol. The Labute approximate surface area is 67.9 Å². The molecule has 0 unspecified atom stereocenters. The maximum absolute atomic E-state index is 10.5. The van der Waals surface area contributed by atoms with Crippen LogP contribution in [0.5, 0.6) is 0 Å². The maximum Gasteiger partial charge on any atom is 0.418 e. The van der Waals surface area contributed by atoms with E-state index in [9.17, 15) is 9.59 Å². The second-order valence-corrected chi connectivity index (χ2v) is 1.47. The third-order valence-corrected chi connectivity index (χ3v) is 0.702. The second kappa shape index (κ2) is 5.69. The van der Waals surface area contributed by atoms with E-state index >= 15 is 0 Å². The second-order valence-electron chi connectivity index (χ2n) is 1.47. The van der Waals surface area contributed by atoms with E-state index in [0.717, 1.165) is 0 Å². The molecule has 0 aromatic carbocycles. The van der Waals surface area contributed by atoms with Gasteiger partial charge in [0.2, 0.25) is 0 Å². The van der Waals surface area contributed by atoms with Crippen LogP contribution in [0.1, 0.15) is 0 Å². The molecule has 0 atom stereocenters. The van der Waals surface area contributed by atoms with Crippen molar-refractivity contribution in [1.82, 2.24) is 0 Å². The number of esters is 2. The molecule has 6 nitrogen and oxygen atoms in total. The zero-order valence-electron chi connectivity index (χ0n) is 5.94. The lowest BCUT2D eigenvalue weighted by Gasteiger charge is -1.97. The van der Waals surface area contributed by atoms with E-state index in [1.807, 2.05) is 0 Å². The van der Waals surface area contributed by atoms with Crippen LogP contribution in [0.25, 0.3) is 0 Å². The van der Waals surface area contributed by atoms with Gasteiger partial charge in [-0.2, -0.15) is 10.5 Å². The lowest BCUT2D eigenvalue weighted by atomic mass is 10.6. The van der Waals surface area contributed by atoms with Gasteiger partial charge in [0.1, 0.15) is 12.1 Å². The minimum Gasteiger partial charge on any atom is -0.442 e. The minimum atomic E-state index is -1.27. The first-order valence-corrected chi connectivity index (χ1v) is 2.80. The first-order chi connectivity index (χ1) is 5.72. The van der Waals surface area contributed by atoms with Crippen LogP contribution in [0.15, 0.2) is 0 Å². The van der Waals surface area contributed by atoms with Gasteiger partial charge in [-0.25, -0.2) is 9.59 Å². The molecule has 0 aromatic heterocycles. The number of rotatable bonds is 2. The van der Waals surface area contributed by atoms with Crippen LogP contribution < -0.4 is 0 Å². The normalized spacial score (nSPS) is 7.50. The van der Waals surface area contributed by atoms with Gasteiger partial charge in [-0.15, -0.1) is 0 Å². The van der Waals surface area contributed by atoms with E-state index in [-0.39, 0.29) is 0 Å². The highest BCUT2D eigenvalue weighted by molar-refractivity contribution is 6.29. The molecule has 0 bridgehead atoms. The van der Waals surface area contributed by atoms with Crippen molar-refractivity contribution in [2.75, 3.05) is 13.2 Å². The molecule has 0 aromatic rings. The molecule has 0 rings (SSSR count). The molecule has 0 aliphatic heterocycles. The third-order valence-electron chi connectivity index (χ3n) is 0.702. The topological polar surface area (TPSA) is 100 Å². The quantitative estimate of drug-likeness (QED) is 0.392. The van der Waals surface area contributed by atoms with Crippen molar-refractivity contribution in [2.45, 2.75) is 0 Å². The lowest BCUT2D eigenvalue weighted by molar-refractivity contribution is -0.165. The number of carbonyl (C=O) groups excluding carboxylic acids is 2. The summed E-state index contributed by atoms with van der Waals surface area (Å²) in [7, 11) is 0. The first kappa shape index (κ1) is 9.92. The Hall–Kier alpha value is -2.08. The van der Waals surface area contributed by atoms with Crippen molar-refractivity contribution in [2.24, 2.45) is 0 Å². The number of nitrogens with zero attached hydrogens (tertiary/aromatic N) is 2. The summed E-state index contributed by atoms with van der Waals surface area (Å²) in [6.07, 6.45) is 0. The number of hydrogen-bond acceptors (Lipinski definition) is 6. The number of ether oxygens (including phenoxy) is 2. The van der Waals surface area contributed by atoms with Crippen LogP contribution in [0.2, 0.25) is 0 Å². The summed E-state index contributed by atoms with van der Waals surface area (Å²) < 4.78 is 8.13. The predicted molar refractivity (Wildman–Crippen MR) is 33.1 cm³/mol. The Morgan fingerprint density at radius 3 is 1.58 bits per heavy atom. The molecule has 0 amide bonds. The third kappa shape index (κ3) is 3.85. The highest BCUT2D eigenvalue weighted by Gasteiger charge is 2.16. The van der Waals surface area contributed by atoms with Gasteiger partial charge in [-0.05, 0) is 0 Å². The molecule has 0 spiro atoms. The molecule has 0 saturated carbocycles. The molecule has 0 saturated heterocycles. The Morgan fingerprint density at radius 1 is 1.00 bits per heavy atom. The average Bonchev–Trinajstić information content (AvgIpc) is 2.10. The van der Waals surface area contributed by atoms with E-state index in [4.69, 9.17) is 10.5 Å². The van der Waals surface area contributed by atoms with Crippen molar-refractivity contribution in [3.8, 4) is 12.1 Å². The van der Waals surface area contributed by atoms with Crippen LogP contribution in [-0.4, -0.2) is 25.2 Å². The van der Waals surface area contributed by atoms with Crippen LogP contribution >= 0.6 is 0 Å². The van der Waals surface area contributed by atoms with Gasteiger partial charge in [-0.3, -0.25) is 0 Å². The Morgan fingerprint density at radius 2 is 1.33 bits per heavy atom. The number of carbonyl (C=O) groups is 2. The van der Waals surface area contributed by atoms with Crippen LogP contribution in [0, 0.1) is 22.7 Å². The molecule has 0 N–H and O–H groups in total. The molecular weight excluding hydrogens is 164 g/mol. The fraction of sp³-hybridized carbons (Fsp3) is 0.333. The molecule has 0 aliphatic carbocycles. The van der Waals surface area contributed by atoms with Crippen molar-refractivity contribution in [1.29, 1.82) is 10.5 Å². The lowest BCUT2D eigenvalue weighted by Crippen LogP contribution is -2.20. The van der Waals surface area contributed by atoms with Gasteiger partial charge in [0.05, 0.1) is 0 Å². The van der Waals surface area contributed by atoms with E-state index in [2.05, 4.69) is 9.47 Å². The first-order valence-electron chi connectivity index (χ1n) is 2.80. The smallest absolute Gasteiger partial charge is 0.418 e. The highest BCUT2D eigenvalue weighted by atomic mass is 16.6. The summed E-state index contributed by atoms with van der Waals surface area (Å²) in [6.45, 7) is -1.03. The van der Waals surface area contributed by atoms with Crippen molar-refractivity contribution in [3.05, 3.63) is 0 Å². The van der Waals surface area contributed by atoms with E-state index < -0.39 is 25.2 Å². The summed E-state index contributed by atoms with van der Waals surface area (Å²) in [5.74, 6) is -2.54. The Kier molecular flexibility index (Phi) is 4.70. The van der Waals surface area contributed by atoms with Crippen molar-refractivity contribution in [3.63, 3.8) is 0 Å². The molecule has 12 heavy (non-hydrogen) atoms. The van der Waals surface area contributed by atoms with E-state index in [1.54, 1.807) is 0 Å². The fourth-order valence-corrected chi connectivity index (χ4v) is 0.313. The molecule has 6 heteroatoms. The highest BCUT2D eigenvalue weighted by Crippen LogP contribution is 1.83. The van der Waals surface area contributed by atoms with Crippen LogP contribution in [0.3, 0.4) is 0 Å². The Balaban J connectivity index is 3.73. The zero-order chi connectivity index (χ0) is 9.40. The van der Waals surface area contributed by atoms with Gasteiger partial charge in [0.15, 0.2) is 13.2 Å². The summed E-state index contributed by atoms with van der Waals surface area (Å²) in [6, 6.07) is 2.99. The van der Waals surface area contributed by atoms with Crippen molar-refractivity contribution < 1.29 is 19.1 Å². The number of nitriles is 2. The summed E-state index contributed by atoms with van der Waals surface area (Å²) in [4.78, 5) is 20.9. The number of hydrogen-bond donors (Lipinski definition) is 0. The van der Waals surface area contributed by atoms with Crippen LogP contribution in [-0.2, 0) is 19.1 Å². The molecule has 0 fully saturated rings. The predicted octanol–water partition coefficient (Wildman–Crippen LogP) is -0.880. The van der Waals surface area contributed by atoms with Gasteiger partial charge < -0.3 is 9.47 Å². The van der Waals surface area contributed by atoms with Gasteiger partial charge in [0.25, 0.3) is 0 Å². The van der Waals surface area contributed by atoms with Gasteiger partial charge >= 0.3 is 11.9 Å². The molecule has 0 aliphatic rings. The molecule has 62 valence electrons. The van der Waals surface area contributed by atoms with Gasteiger partial charge in [-0.1, -0.05) is 0 Å². The standard InChI is InChI=1S/C6H4N2O4/c7-1-3-11-5(9)6(10)12-4-2-8/h3-4H2. The van der Waals surface area contributed by atoms with Crippen LogP contribution in [0.4, 0.5) is 0 Å². The fourth-order valence-electron chi connectivity index (χ4n) is 0.313. The average molecular weight is 168 g/mol. The largest absolute Gasteiger partial charge is 0.442 e. The van der Waals surface area contributed by atoms with Crippen molar-refractivity contribution >= 4 is 11.9 Å². The van der Waals surface area contributed by atoms with E-state index in [1.165, 1.54) is 12.1 Å². The maximum atomic E-state index is 10.5. The van der Waals surface area contributed by atoms with Gasteiger partial charge in [0, 0.05) is 0 Å². The molecule has 0 heterocycles. The SMILES string of the molecule is N#CCOC(=O)C(=O)OCC#N. The summed E-state index contributed by atoms with van der Waals surface area (Å²) >= 11 is 0.